The van der Waals surface area contributed by atoms with Crippen molar-refractivity contribution >= 4 is 38.9 Å². The molecule has 154 valence electrons. The van der Waals surface area contributed by atoms with Gasteiger partial charge in [-0.25, -0.2) is 8.42 Å². The molecule has 0 aliphatic carbocycles. The highest BCUT2D eigenvalue weighted by atomic mass is 35.5. The Morgan fingerprint density at radius 3 is 2.04 bits per heavy atom. The number of nitrogens with zero attached hydrogens (tertiary/aromatic N) is 1. The van der Waals surface area contributed by atoms with Crippen LogP contribution in [0, 0.1) is 0 Å². The van der Waals surface area contributed by atoms with E-state index in [1.165, 1.54) is 30.3 Å². The zero-order valence-corrected chi connectivity index (χ0v) is 17.5. The van der Waals surface area contributed by atoms with Crippen molar-refractivity contribution in [3.05, 3.63) is 58.1 Å². The summed E-state index contributed by atoms with van der Waals surface area (Å²) in [7, 11) is -4.15. The molecule has 0 unspecified atom stereocenters. The fourth-order valence-corrected chi connectivity index (χ4v) is 5.00. The van der Waals surface area contributed by atoms with Crippen molar-refractivity contribution in [3.8, 4) is 0 Å². The molecule has 0 radical (unpaired) electrons. The van der Waals surface area contributed by atoms with Gasteiger partial charge in [0.1, 0.15) is 4.90 Å². The normalized spacial score (nSPS) is 14.8. The SMILES string of the molecule is CC(C)N(c1ccc([C@](C)(O)C(F)(F)F)cc1)S(=O)(=O)c1cccc(Cl)c1Cl. The first-order valence-electron chi connectivity index (χ1n) is 8.09. The maximum Gasteiger partial charge on any atom is 0.421 e. The molecular formula is C18H18Cl2F3NO3S. The largest absolute Gasteiger partial charge is 0.421 e. The predicted molar refractivity (Wildman–Crippen MR) is 103 cm³/mol. The Kier molecular flexibility index (Phi) is 6.31. The van der Waals surface area contributed by atoms with Crippen molar-refractivity contribution in [3.63, 3.8) is 0 Å². The van der Waals surface area contributed by atoms with Crippen LogP contribution in [0.4, 0.5) is 18.9 Å². The van der Waals surface area contributed by atoms with E-state index >= 15 is 0 Å². The minimum atomic E-state index is -4.88. The molecule has 4 nitrogen and oxygen atoms in total. The molecule has 1 atom stereocenters. The van der Waals surface area contributed by atoms with Crippen molar-refractivity contribution < 1.29 is 26.7 Å². The summed E-state index contributed by atoms with van der Waals surface area (Å²) in [5, 5.41) is 9.69. The van der Waals surface area contributed by atoms with Crippen LogP contribution in [0.1, 0.15) is 26.3 Å². The lowest BCUT2D eigenvalue weighted by atomic mass is 9.95. The minimum Gasteiger partial charge on any atom is -0.376 e. The molecule has 2 rings (SSSR count). The smallest absolute Gasteiger partial charge is 0.376 e. The van der Waals surface area contributed by atoms with Gasteiger partial charge in [0.05, 0.1) is 15.7 Å². The first-order chi connectivity index (χ1) is 12.7. The standard InChI is InChI=1S/C18H18Cl2F3NO3S/c1-11(2)24(28(26,27)15-6-4-5-14(19)16(15)20)13-9-7-12(8-10-13)17(3,25)18(21,22)23/h4-11,25H,1-3H3/t17-/m0/s1. The molecule has 2 aromatic rings. The second kappa shape index (κ2) is 7.74. The summed E-state index contributed by atoms with van der Waals surface area (Å²) >= 11 is 12.0. The quantitative estimate of drug-likeness (QED) is 0.659. The molecule has 0 heterocycles. The molecule has 1 N–H and O–H groups in total. The van der Waals surface area contributed by atoms with Crippen molar-refractivity contribution in [1.82, 2.24) is 0 Å². The van der Waals surface area contributed by atoms with Gasteiger partial charge in [-0.2, -0.15) is 13.2 Å². The summed E-state index contributed by atoms with van der Waals surface area (Å²) in [6.07, 6.45) is -4.88. The van der Waals surface area contributed by atoms with Gasteiger partial charge in [-0.1, -0.05) is 41.4 Å². The van der Waals surface area contributed by atoms with Crippen molar-refractivity contribution in [2.45, 2.75) is 43.5 Å². The molecule has 0 fully saturated rings. The van der Waals surface area contributed by atoms with Gasteiger partial charge in [0.2, 0.25) is 0 Å². The Bertz CT molecular complexity index is 959. The number of anilines is 1. The van der Waals surface area contributed by atoms with E-state index in [4.69, 9.17) is 23.2 Å². The van der Waals surface area contributed by atoms with E-state index in [2.05, 4.69) is 0 Å². The molecule has 2 aromatic carbocycles. The van der Waals surface area contributed by atoms with Crippen LogP contribution in [0.2, 0.25) is 10.0 Å². The molecule has 0 saturated heterocycles. The lowest BCUT2D eigenvalue weighted by Gasteiger charge is -2.30. The van der Waals surface area contributed by atoms with E-state index in [-0.39, 0.29) is 20.6 Å². The highest BCUT2D eigenvalue weighted by molar-refractivity contribution is 7.93. The molecule has 10 heteroatoms. The second-order valence-electron chi connectivity index (χ2n) is 6.56. The lowest BCUT2D eigenvalue weighted by molar-refractivity contribution is -0.258. The number of aliphatic hydroxyl groups is 1. The number of benzene rings is 2. The van der Waals surface area contributed by atoms with E-state index in [9.17, 15) is 26.7 Å². The summed E-state index contributed by atoms with van der Waals surface area (Å²) in [6.45, 7) is 3.84. The topological polar surface area (TPSA) is 57.6 Å². The molecule has 0 aromatic heterocycles. The lowest BCUT2D eigenvalue weighted by Crippen LogP contribution is -2.39. The van der Waals surface area contributed by atoms with E-state index in [1.54, 1.807) is 13.8 Å². The number of hydrogen-bond acceptors (Lipinski definition) is 3. The summed E-state index contributed by atoms with van der Waals surface area (Å²) < 4.78 is 66.4. The predicted octanol–water partition coefficient (Wildman–Crippen LogP) is 5.37. The Balaban J connectivity index is 2.55. The monoisotopic (exact) mass is 455 g/mol. The summed E-state index contributed by atoms with van der Waals surface area (Å²) in [4.78, 5) is -0.221. The molecule has 0 aliphatic heterocycles. The van der Waals surface area contributed by atoms with Crippen LogP contribution in [0.15, 0.2) is 47.4 Å². The molecular weight excluding hydrogens is 438 g/mol. The van der Waals surface area contributed by atoms with Crippen LogP contribution < -0.4 is 4.31 Å². The molecule has 0 spiro atoms. The number of rotatable bonds is 5. The van der Waals surface area contributed by atoms with Gasteiger partial charge < -0.3 is 5.11 Å². The summed E-state index contributed by atoms with van der Waals surface area (Å²) in [6, 6.07) is 8.06. The van der Waals surface area contributed by atoms with Crippen LogP contribution >= 0.6 is 23.2 Å². The van der Waals surface area contributed by atoms with Crippen LogP contribution in [0.5, 0.6) is 0 Å². The fourth-order valence-electron chi connectivity index (χ4n) is 2.60. The number of alkyl halides is 3. The van der Waals surface area contributed by atoms with Gasteiger partial charge >= 0.3 is 6.18 Å². The third-order valence-electron chi connectivity index (χ3n) is 4.16. The maximum absolute atomic E-state index is 13.1. The molecule has 0 saturated carbocycles. The average molecular weight is 456 g/mol. The maximum atomic E-state index is 13.1. The van der Waals surface area contributed by atoms with Crippen molar-refractivity contribution in [2.75, 3.05) is 4.31 Å². The van der Waals surface area contributed by atoms with E-state index in [0.29, 0.717) is 6.92 Å². The summed E-state index contributed by atoms with van der Waals surface area (Å²) in [5.41, 5.74) is -3.36. The Labute approximate surface area is 171 Å². The van der Waals surface area contributed by atoms with E-state index < -0.39 is 33.4 Å². The van der Waals surface area contributed by atoms with E-state index in [0.717, 1.165) is 16.4 Å². The Hall–Kier alpha value is -1.48. The second-order valence-corrected chi connectivity index (χ2v) is 9.13. The average Bonchev–Trinajstić information content (AvgIpc) is 2.56. The van der Waals surface area contributed by atoms with Gasteiger partial charge in [0.15, 0.2) is 5.60 Å². The molecule has 0 aliphatic rings. The van der Waals surface area contributed by atoms with E-state index in [1.807, 2.05) is 0 Å². The van der Waals surface area contributed by atoms with Crippen molar-refractivity contribution in [2.24, 2.45) is 0 Å². The highest BCUT2D eigenvalue weighted by Crippen LogP contribution is 2.40. The van der Waals surface area contributed by atoms with Crippen LogP contribution in [-0.4, -0.2) is 25.7 Å². The van der Waals surface area contributed by atoms with Gasteiger partial charge in [-0.05, 0) is 50.6 Å². The summed E-state index contributed by atoms with van der Waals surface area (Å²) in [5.74, 6) is 0. The van der Waals surface area contributed by atoms with Gasteiger partial charge in [-0.15, -0.1) is 0 Å². The van der Waals surface area contributed by atoms with Crippen LogP contribution in [0.25, 0.3) is 0 Å². The molecule has 0 bridgehead atoms. The third kappa shape index (κ3) is 4.10. The Morgan fingerprint density at radius 2 is 1.57 bits per heavy atom. The zero-order chi connectivity index (χ0) is 21.5. The third-order valence-corrected chi connectivity index (χ3v) is 7.14. The molecule has 28 heavy (non-hydrogen) atoms. The first kappa shape index (κ1) is 22.8. The fraction of sp³-hybridized carbons (Fsp3) is 0.333. The Morgan fingerprint density at radius 1 is 1.04 bits per heavy atom. The first-order valence-corrected chi connectivity index (χ1v) is 10.3. The highest BCUT2D eigenvalue weighted by Gasteiger charge is 2.51. The number of sulfonamides is 1. The number of halogens is 5. The zero-order valence-electron chi connectivity index (χ0n) is 15.1. The van der Waals surface area contributed by atoms with Gasteiger partial charge in [-0.3, -0.25) is 4.31 Å². The van der Waals surface area contributed by atoms with Crippen molar-refractivity contribution in [1.29, 1.82) is 0 Å². The molecule has 0 amide bonds. The van der Waals surface area contributed by atoms with Crippen LogP contribution in [0.3, 0.4) is 0 Å². The van der Waals surface area contributed by atoms with Gasteiger partial charge in [0.25, 0.3) is 10.0 Å². The van der Waals surface area contributed by atoms with Crippen LogP contribution in [-0.2, 0) is 15.6 Å². The minimum absolute atomic E-state index is 0.0584. The van der Waals surface area contributed by atoms with Gasteiger partial charge in [0, 0.05) is 6.04 Å². The number of hydrogen-bond donors (Lipinski definition) is 1.